The SMILES string of the molecule is COc1cc(C(O)C(Cn2cc3cncc(C(=O)O)c3n2)OC2CCCC2)cc(OC)c1C. The third-order valence-electron chi connectivity index (χ3n) is 6.20. The number of nitrogens with zero attached hydrogens (tertiary/aromatic N) is 3. The molecule has 176 valence electrons. The van der Waals surface area contributed by atoms with E-state index in [1.54, 1.807) is 43.4 Å². The lowest BCUT2D eigenvalue weighted by Gasteiger charge is -2.27. The van der Waals surface area contributed by atoms with Gasteiger partial charge in [0.1, 0.15) is 34.8 Å². The summed E-state index contributed by atoms with van der Waals surface area (Å²) >= 11 is 0. The van der Waals surface area contributed by atoms with E-state index in [9.17, 15) is 15.0 Å². The highest BCUT2D eigenvalue weighted by atomic mass is 16.5. The zero-order valence-corrected chi connectivity index (χ0v) is 19.0. The van der Waals surface area contributed by atoms with E-state index in [4.69, 9.17) is 14.2 Å². The molecule has 2 unspecified atom stereocenters. The molecule has 9 heteroatoms. The Morgan fingerprint density at radius 3 is 2.45 bits per heavy atom. The number of aromatic carboxylic acids is 1. The molecule has 1 aromatic carbocycles. The predicted molar refractivity (Wildman–Crippen MR) is 121 cm³/mol. The van der Waals surface area contributed by atoms with Crippen molar-refractivity contribution in [2.45, 2.75) is 57.5 Å². The molecule has 1 aliphatic carbocycles. The van der Waals surface area contributed by atoms with Crippen LogP contribution in [0, 0.1) is 6.92 Å². The number of carbonyl (C=O) groups is 1. The van der Waals surface area contributed by atoms with Gasteiger partial charge in [-0.1, -0.05) is 12.8 Å². The number of aromatic nitrogens is 3. The molecule has 0 amide bonds. The second kappa shape index (κ2) is 9.76. The van der Waals surface area contributed by atoms with Crippen LogP contribution >= 0.6 is 0 Å². The van der Waals surface area contributed by atoms with Gasteiger partial charge in [-0.05, 0) is 37.5 Å². The minimum absolute atomic E-state index is 0.0352. The first kappa shape index (κ1) is 23.0. The molecule has 2 atom stereocenters. The van der Waals surface area contributed by atoms with Crippen LogP contribution in [0.1, 0.15) is 53.3 Å². The summed E-state index contributed by atoms with van der Waals surface area (Å²) < 4.78 is 18.9. The Morgan fingerprint density at radius 1 is 1.18 bits per heavy atom. The number of rotatable bonds is 9. The highest BCUT2D eigenvalue weighted by Crippen LogP contribution is 2.35. The monoisotopic (exact) mass is 455 g/mol. The molecule has 2 N–H and O–H groups in total. The summed E-state index contributed by atoms with van der Waals surface area (Å²) in [4.78, 5) is 15.5. The predicted octanol–water partition coefficient (Wildman–Crippen LogP) is 3.52. The number of hydrogen-bond acceptors (Lipinski definition) is 7. The van der Waals surface area contributed by atoms with E-state index < -0.39 is 18.2 Å². The number of fused-ring (bicyclic) bond motifs is 1. The summed E-state index contributed by atoms with van der Waals surface area (Å²) in [7, 11) is 3.15. The Morgan fingerprint density at radius 2 is 1.85 bits per heavy atom. The van der Waals surface area contributed by atoms with Gasteiger partial charge in [0.15, 0.2) is 0 Å². The zero-order valence-electron chi connectivity index (χ0n) is 19.0. The Bertz CT molecular complexity index is 1110. The van der Waals surface area contributed by atoms with Crippen LogP contribution in [-0.4, -0.2) is 57.4 Å². The highest BCUT2D eigenvalue weighted by molar-refractivity contribution is 6.00. The third kappa shape index (κ3) is 4.79. The Hall–Kier alpha value is -3.17. The molecule has 0 radical (unpaired) electrons. The molecule has 9 nitrogen and oxygen atoms in total. The lowest BCUT2D eigenvalue weighted by Crippen LogP contribution is -2.31. The van der Waals surface area contributed by atoms with Crippen LogP contribution in [0.4, 0.5) is 0 Å². The van der Waals surface area contributed by atoms with Crippen molar-refractivity contribution in [2.75, 3.05) is 14.2 Å². The number of methoxy groups -OCH3 is 2. The van der Waals surface area contributed by atoms with Gasteiger partial charge in [-0.15, -0.1) is 0 Å². The lowest BCUT2D eigenvalue weighted by atomic mass is 10.0. The van der Waals surface area contributed by atoms with Crippen molar-refractivity contribution < 1.29 is 29.2 Å². The molecule has 33 heavy (non-hydrogen) atoms. The van der Waals surface area contributed by atoms with E-state index in [0.29, 0.717) is 28.0 Å². The summed E-state index contributed by atoms with van der Waals surface area (Å²) in [5.41, 5.74) is 1.84. The summed E-state index contributed by atoms with van der Waals surface area (Å²) in [6.07, 6.45) is 7.13. The maximum Gasteiger partial charge on any atom is 0.339 e. The average molecular weight is 456 g/mol. The van der Waals surface area contributed by atoms with Gasteiger partial charge in [0, 0.05) is 29.5 Å². The summed E-state index contributed by atoms with van der Waals surface area (Å²) in [5.74, 6) is 0.144. The molecule has 0 bridgehead atoms. The van der Waals surface area contributed by atoms with Crippen LogP contribution in [0.25, 0.3) is 10.9 Å². The first-order valence-corrected chi connectivity index (χ1v) is 11.0. The molecular weight excluding hydrogens is 426 g/mol. The van der Waals surface area contributed by atoms with Crippen LogP contribution in [0.15, 0.2) is 30.7 Å². The Kier molecular flexibility index (Phi) is 6.80. The number of carboxylic acids is 1. The molecule has 1 saturated carbocycles. The summed E-state index contributed by atoms with van der Waals surface area (Å²) in [6.45, 7) is 2.13. The minimum atomic E-state index is -1.09. The minimum Gasteiger partial charge on any atom is -0.496 e. The van der Waals surface area contributed by atoms with Crippen LogP contribution in [0.5, 0.6) is 11.5 Å². The fraction of sp³-hybridized carbons (Fsp3) is 0.458. The van der Waals surface area contributed by atoms with Gasteiger partial charge in [-0.25, -0.2) is 4.79 Å². The maximum atomic E-state index is 11.5. The number of hydrogen-bond donors (Lipinski definition) is 2. The molecule has 0 aliphatic heterocycles. The van der Waals surface area contributed by atoms with Gasteiger partial charge < -0.3 is 24.4 Å². The van der Waals surface area contributed by atoms with E-state index in [-0.39, 0.29) is 18.2 Å². The van der Waals surface area contributed by atoms with E-state index in [0.717, 1.165) is 31.2 Å². The molecule has 4 rings (SSSR count). The van der Waals surface area contributed by atoms with Crippen molar-refractivity contribution >= 4 is 16.9 Å². The summed E-state index contributed by atoms with van der Waals surface area (Å²) in [6, 6.07) is 3.58. The fourth-order valence-electron chi connectivity index (χ4n) is 4.41. The smallest absolute Gasteiger partial charge is 0.339 e. The van der Waals surface area contributed by atoms with E-state index in [2.05, 4.69) is 10.1 Å². The number of ether oxygens (including phenoxy) is 3. The average Bonchev–Trinajstić information content (AvgIpc) is 3.47. The normalized spacial score (nSPS) is 16.1. The second-order valence-electron chi connectivity index (χ2n) is 8.36. The number of pyridine rings is 1. The number of carboxylic acid groups (broad SMARTS) is 1. The molecule has 2 heterocycles. The summed E-state index contributed by atoms with van der Waals surface area (Å²) in [5, 5.41) is 25.9. The molecule has 1 aliphatic rings. The zero-order chi connectivity index (χ0) is 23.5. The van der Waals surface area contributed by atoms with Crippen LogP contribution in [-0.2, 0) is 11.3 Å². The van der Waals surface area contributed by atoms with Gasteiger partial charge >= 0.3 is 5.97 Å². The quantitative estimate of drug-likeness (QED) is 0.504. The highest BCUT2D eigenvalue weighted by Gasteiger charge is 2.29. The number of benzene rings is 1. The van der Waals surface area contributed by atoms with Crippen molar-refractivity contribution in [1.82, 2.24) is 14.8 Å². The van der Waals surface area contributed by atoms with Crippen molar-refractivity contribution in [1.29, 1.82) is 0 Å². The first-order chi connectivity index (χ1) is 15.9. The van der Waals surface area contributed by atoms with Crippen molar-refractivity contribution in [3.05, 3.63) is 47.4 Å². The molecule has 3 aromatic rings. The Balaban J connectivity index is 1.68. The number of aliphatic hydroxyl groups is 1. The lowest BCUT2D eigenvalue weighted by molar-refractivity contribution is -0.0845. The topological polar surface area (TPSA) is 116 Å². The molecule has 0 saturated heterocycles. The van der Waals surface area contributed by atoms with Gasteiger partial charge in [0.2, 0.25) is 0 Å². The van der Waals surface area contributed by atoms with Crippen molar-refractivity contribution in [3.8, 4) is 11.5 Å². The van der Waals surface area contributed by atoms with E-state index in [1.165, 1.54) is 6.20 Å². The van der Waals surface area contributed by atoms with Crippen LogP contribution < -0.4 is 9.47 Å². The molecule has 1 fully saturated rings. The van der Waals surface area contributed by atoms with Crippen molar-refractivity contribution in [3.63, 3.8) is 0 Å². The molecule has 2 aromatic heterocycles. The van der Waals surface area contributed by atoms with Crippen LogP contribution in [0.3, 0.4) is 0 Å². The molecule has 0 spiro atoms. The second-order valence-corrected chi connectivity index (χ2v) is 8.36. The Labute approximate surface area is 191 Å². The van der Waals surface area contributed by atoms with E-state index in [1.807, 2.05) is 6.92 Å². The fourth-order valence-corrected chi connectivity index (χ4v) is 4.41. The molecular formula is C24H29N3O6. The van der Waals surface area contributed by atoms with Gasteiger partial charge in [0.25, 0.3) is 0 Å². The largest absolute Gasteiger partial charge is 0.496 e. The van der Waals surface area contributed by atoms with Gasteiger partial charge in [-0.3, -0.25) is 9.67 Å². The van der Waals surface area contributed by atoms with Gasteiger partial charge in [-0.2, -0.15) is 5.10 Å². The third-order valence-corrected chi connectivity index (χ3v) is 6.20. The van der Waals surface area contributed by atoms with Crippen LogP contribution in [0.2, 0.25) is 0 Å². The van der Waals surface area contributed by atoms with E-state index >= 15 is 0 Å². The van der Waals surface area contributed by atoms with Crippen molar-refractivity contribution in [2.24, 2.45) is 0 Å². The maximum absolute atomic E-state index is 11.5. The standard InChI is InChI=1S/C24H29N3O6/c1-14-19(31-2)8-15(9-20(14)32-3)23(28)21(33-17-6-4-5-7-17)13-27-12-16-10-25-11-18(24(29)30)22(16)26-27/h8-12,17,21,23,28H,4-7,13H2,1-3H3,(H,29,30). The number of aliphatic hydroxyl groups excluding tert-OH is 1. The first-order valence-electron chi connectivity index (χ1n) is 11.0. The van der Waals surface area contributed by atoms with Gasteiger partial charge in [0.05, 0.1) is 26.9 Å².